The van der Waals surface area contributed by atoms with Crippen LogP contribution in [0.1, 0.15) is 187 Å². The van der Waals surface area contributed by atoms with E-state index in [-0.39, 0.29) is 18.3 Å². The van der Waals surface area contributed by atoms with Crippen molar-refractivity contribution in [2.24, 2.45) is 0 Å². The quantitative estimate of drug-likeness (QED) is 0.0595. The molecule has 1 saturated carbocycles. The summed E-state index contributed by atoms with van der Waals surface area (Å²) in [5, 5.41) is 10.4. The van der Waals surface area contributed by atoms with E-state index in [0.29, 0.717) is 0 Å². The van der Waals surface area contributed by atoms with E-state index in [9.17, 15) is 5.11 Å². The van der Waals surface area contributed by atoms with Gasteiger partial charge in [-0.25, -0.2) is 0 Å². The third kappa shape index (κ3) is 30.0. The molecule has 2 unspecified atom stereocenters. The minimum atomic E-state index is -0.277. The van der Waals surface area contributed by atoms with Crippen LogP contribution in [-0.4, -0.2) is 36.6 Å². The number of rotatable bonds is 32. The zero-order valence-electron chi connectivity index (χ0n) is 30.1. The van der Waals surface area contributed by atoms with Crippen LogP contribution in [0.2, 0.25) is 0 Å². The number of ether oxygens (including phenoxy) is 2. The number of aliphatic hydroxyl groups is 1. The lowest BCUT2D eigenvalue weighted by atomic mass is 9.92. The maximum Gasteiger partial charge on any atom is 0.0624 e. The Bertz CT molecular complexity index is 651. The molecule has 0 saturated heterocycles. The Hall–Kier alpha value is -1.16. The Kier molecular flexibility index (Phi) is 31.8. The standard InChI is InChI=1S/C42H76O3/c1-3-5-7-9-11-13-15-17-19-21-23-25-27-29-31-33-35-44-41-37-40(43)38-42(39-41)45-36-34-32-30-28-26-24-22-20-18-16-14-12-10-8-6-4-2/h11-14,17-20,40-43H,3-10,15-16,21-39H2,1-2H3. The summed E-state index contributed by atoms with van der Waals surface area (Å²) in [5.41, 5.74) is 0. The van der Waals surface area contributed by atoms with Gasteiger partial charge in [-0.05, 0) is 96.3 Å². The van der Waals surface area contributed by atoms with Crippen LogP contribution in [0, 0.1) is 0 Å². The highest BCUT2D eigenvalue weighted by molar-refractivity contribution is 4.93. The Morgan fingerprint density at radius 3 is 1.13 bits per heavy atom. The molecule has 0 aromatic rings. The van der Waals surface area contributed by atoms with Gasteiger partial charge < -0.3 is 14.6 Å². The topological polar surface area (TPSA) is 38.7 Å². The van der Waals surface area contributed by atoms with Gasteiger partial charge in [0.15, 0.2) is 0 Å². The van der Waals surface area contributed by atoms with Crippen LogP contribution in [0.5, 0.6) is 0 Å². The van der Waals surface area contributed by atoms with Crippen molar-refractivity contribution in [1.82, 2.24) is 0 Å². The summed E-state index contributed by atoms with van der Waals surface area (Å²) in [6.07, 6.45) is 51.6. The summed E-state index contributed by atoms with van der Waals surface area (Å²) < 4.78 is 12.4. The van der Waals surface area contributed by atoms with Gasteiger partial charge in [0.1, 0.15) is 0 Å². The average molecular weight is 629 g/mol. The van der Waals surface area contributed by atoms with E-state index in [2.05, 4.69) is 62.5 Å². The van der Waals surface area contributed by atoms with Crippen LogP contribution in [-0.2, 0) is 9.47 Å². The van der Waals surface area contributed by atoms with Crippen molar-refractivity contribution in [3.63, 3.8) is 0 Å². The third-order valence-electron chi connectivity index (χ3n) is 8.99. The molecule has 3 heteroatoms. The molecule has 0 aromatic carbocycles. The first kappa shape index (κ1) is 41.9. The van der Waals surface area contributed by atoms with Crippen LogP contribution < -0.4 is 0 Å². The largest absolute Gasteiger partial charge is 0.393 e. The summed E-state index contributed by atoms with van der Waals surface area (Å²) in [6.45, 7) is 6.17. The molecule has 45 heavy (non-hydrogen) atoms. The predicted molar refractivity (Wildman–Crippen MR) is 198 cm³/mol. The molecular formula is C42H76O3. The molecule has 0 aliphatic heterocycles. The third-order valence-corrected chi connectivity index (χ3v) is 8.99. The molecule has 1 fully saturated rings. The maximum atomic E-state index is 10.4. The molecular weight excluding hydrogens is 552 g/mol. The molecule has 1 aliphatic rings. The Balaban J connectivity index is 1.90. The van der Waals surface area contributed by atoms with Crippen molar-refractivity contribution in [1.29, 1.82) is 0 Å². The second-order valence-electron chi connectivity index (χ2n) is 13.5. The summed E-state index contributed by atoms with van der Waals surface area (Å²) in [4.78, 5) is 0. The van der Waals surface area contributed by atoms with Gasteiger partial charge in [-0.2, -0.15) is 0 Å². The van der Waals surface area contributed by atoms with Crippen LogP contribution in [0.4, 0.5) is 0 Å². The highest BCUT2D eigenvalue weighted by Gasteiger charge is 2.28. The van der Waals surface area contributed by atoms with E-state index >= 15 is 0 Å². The van der Waals surface area contributed by atoms with Gasteiger partial charge in [0.2, 0.25) is 0 Å². The molecule has 3 nitrogen and oxygen atoms in total. The molecule has 0 aromatic heterocycles. The second kappa shape index (κ2) is 34.2. The van der Waals surface area contributed by atoms with Gasteiger partial charge in [-0.1, -0.05) is 140 Å². The van der Waals surface area contributed by atoms with Crippen molar-refractivity contribution >= 4 is 0 Å². The molecule has 0 heterocycles. The molecule has 0 spiro atoms. The van der Waals surface area contributed by atoms with E-state index < -0.39 is 0 Å². The van der Waals surface area contributed by atoms with Gasteiger partial charge in [0, 0.05) is 13.2 Å². The van der Waals surface area contributed by atoms with E-state index in [0.717, 1.165) is 58.2 Å². The maximum absolute atomic E-state index is 10.4. The second-order valence-corrected chi connectivity index (χ2v) is 13.5. The lowest BCUT2D eigenvalue weighted by Crippen LogP contribution is -2.36. The van der Waals surface area contributed by atoms with E-state index in [4.69, 9.17) is 9.47 Å². The summed E-state index contributed by atoms with van der Waals surface area (Å²) in [6, 6.07) is 0. The number of hydrogen-bond acceptors (Lipinski definition) is 3. The molecule has 1 rings (SSSR count). The fourth-order valence-electron chi connectivity index (χ4n) is 6.14. The van der Waals surface area contributed by atoms with Gasteiger partial charge in [-0.15, -0.1) is 0 Å². The SMILES string of the molecule is CCCCCC=CCC=CCCCCCCCCOC1CC(O)CC(OCCCCCCCCC=CCC=CCCCCC)C1. The van der Waals surface area contributed by atoms with Crippen molar-refractivity contribution in [3.8, 4) is 0 Å². The summed E-state index contributed by atoms with van der Waals surface area (Å²) >= 11 is 0. The first-order valence-electron chi connectivity index (χ1n) is 19.8. The lowest BCUT2D eigenvalue weighted by Gasteiger charge is -2.32. The predicted octanol–water partition coefficient (Wildman–Crippen LogP) is 12.9. The van der Waals surface area contributed by atoms with E-state index in [1.165, 1.54) is 128 Å². The van der Waals surface area contributed by atoms with E-state index in [1.807, 2.05) is 0 Å². The highest BCUT2D eigenvalue weighted by Crippen LogP contribution is 2.25. The molecule has 1 aliphatic carbocycles. The average Bonchev–Trinajstić information content (AvgIpc) is 3.03. The van der Waals surface area contributed by atoms with Crippen molar-refractivity contribution in [3.05, 3.63) is 48.6 Å². The first-order chi connectivity index (χ1) is 22.3. The summed E-state index contributed by atoms with van der Waals surface area (Å²) in [7, 11) is 0. The Morgan fingerprint density at radius 1 is 0.422 bits per heavy atom. The highest BCUT2D eigenvalue weighted by atomic mass is 16.5. The van der Waals surface area contributed by atoms with Gasteiger partial charge in [-0.3, -0.25) is 0 Å². The fourth-order valence-corrected chi connectivity index (χ4v) is 6.14. The number of allylic oxidation sites excluding steroid dienone is 8. The van der Waals surface area contributed by atoms with Crippen LogP contribution in [0.25, 0.3) is 0 Å². The Labute approximate surface area is 281 Å². The number of hydrogen-bond donors (Lipinski definition) is 1. The van der Waals surface area contributed by atoms with Gasteiger partial charge in [0.05, 0.1) is 18.3 Å². The van der Waals surface area contributed by atoms with Gasteiger partial charge in [0.25, 0.3) is 0 Å². The molecule has 262 valence electrons. The van der Waals surface area contributed by atoms with Crippen LogP contribution in [0.3, 0.4) is 0 Å². The van der Waals surface area contributed by atoms with Crippen molar-refractivity contribution in [2.75, 3.05) is 13.2 Å². The minimum Gasteiger partial charge on any atom is -0.393 e. The van der Waals surface area contributed by atoms with Gasteiger partial charge >= 0.3 is 0 Å². The molecule has 1 N–H and O–H groups in total. The summed E-state index contributed by atoms with van der Waals surface area (Å²) in [5.74, 6) is 0. The number of unbranched alkanes of at least 4 members (excludes halogenated alkanes) is 18. The van der Waals surface area contributed by atoms with Crippen molar-refractivity contribution in [2.45, 2.75) is 206 Å². The van der Waals surface area contributed by atoms with E-state index in [1.54, 1.807) is 0 Å². The molecule has 0 radical (unpaired) electrons. The fraction of sp³-hybridized carbons (Fsp3) is 0.810. The van der Waals surface area contributed by atoms with Crippen LogP contribution >= 0.6 is 0 Å². The molecule has 0 amide bonds. The zero-order valence-corrected chi connectivity index (χ0v) is 30.1. The Morgan fingerprint density at radius 2 is 0.756 bits per heavy atom. The monoisotopic (exact) mass is 629 g/mol. The first-order valence-corrected chi connectivity index (χ1v) is 19.8. The molecule has 2 atom stereocenters. The van der Waals surface area contributed by atoms with Crippen LogP contribution in [0.15, 0.2) is 48.6 Å². The number of aliphatic hydroxyl groups excluding tert-OH is 1. The zero-order chi connectivity index (χ0) is 32.3. The van der Waals surface area contributed by atoms with Crippen molar-refractivity contribution < 1.29 is 14.6 Å². The lowest BCUT2D eigenvalue weighted by molar-refractivity contribution is -0.0831. The molecule has 0 bridgehead atoms. The normalized spacial score (nSPS) is 19.3. The smallest absolute Gasteiger partial charge is 0.0624 e. The minimum absolute atomic E-state index is 0.160.